The van der Waals surface area contributed by atoms with Gasteiger partial charge in [-0.15, -0.1) is 0 Å². The van der Waals surface area contributed by atoms with Crippen molar-refractivity contribution in [2.45, 2.75) is 59.4 Å². The summed E-state index contributed by atoms with van der Waals surface area (Å²) in [6.07, 6.45) is 3.24. The fourth-order valence-electron chi connectivity index (χ4n) is 1.86. The van der Waals surface area contributed by atoms with Crippen molar-refractivity contribution in [1.29, 1.82) is 0 Å². The minimum absolute atomic E-state index is 0.466. The Bertz CT molecular complexity index is 315. The molecule has 2 N–H and O–H groups in total. The summed E-state index contributed by atoms with van der Waals surface area (Å²) in [6, 6.07) is 0. The molecule has 1 aromatic heterocycles. The molecule has 3 nitrogen and oxygen atoms in total. The lowest BCUT2D eigenvalue weighted by Gasteiger charge is -2.07. The van der Waals surface area contributed by atoms with E-state index in [4.69, 9.17) is 5.73 Å². The largest absolute Gasteiger partial charge is 0.384 e. The number of hydrogen-bond donors (Lipinski definition) is 1. The first-order valence-corrected chi connectivity index (χ1v) is 6.00. The number of nitrogens with two attached hydrogens (primary N) is 1. The third kappa shape index (κ3) is 2.33. The molecule has 0 aliphatic heterocycles. The van der Waals surface area contributed by atoms with Crippen LogP contribution in [-0.4, -0.2) is 9.55 Å². The van der Waals surface area contributed by atoms with Gasteiger partial charge in [0.25, 0.3) is 0 Å². The molecule has 0 aliphatic rings. The highest BCUT2D eigenvalue weighted by Crippen LogP contribution is 2.25. The summed E-state index contributed by atoms with van der Waals surface area (Å²) in [5.74, 6) is 2.48. The van der Waals surface area contributed by atoms with Gasteiger partial charge in [-0.3, -0.25) is 0 Å². The van der Waals surface area contributed by atoms with Crippen LogP contribution in [0.1, 0.15) is 58.0 Å². The fourth-order valence-corrected chi connectivity index (χ4v) is 1.86. The zero-order chi connectivity index (χ0) is 11.4. The van der Waals surface area contributed by atoms with Crippen LogP contribution in [0, 0.1) is 0 Å². The van der Waals surface area contributed by atoms with Crippen molar-refractivity contribution >= 4 is 5.82 Å². The van der Waals surface area contributed by atoms with Crippen LogP contribution in [0.3, 0.4) is 0 Å². The summed E-state index contributed by atoms with van der Waals surface area (Å²) in [4.78, 5) is 4.68. The van der Waals surface area contributed by atoms with Crippen LogP contribution >= 0.6 is 0 Å². The first-order chi connectivity index (χ1) is 7.15. The Morgan fingerprint density at radius 2 is 2.00 bits per heavy atom. The first kappa shape index (κ1) is 12.1. The fraction of sp³-hybridized carbons (Fsp3) is 0.750. The summed E-state index contributed by atoms with van der Waals surface area (Å²) in [5.41, 5.74) is 7.21. The summed E-state index contributed by atoms with van der Waals surface area (Å²) >= 11 is 0. The van der Waals surface area contributed by atoms with E-state index in [2.05, 4.69) is 37.2 Å². The zero-order valence-electron chi connectivity index (χ0n) is 10.4. The Morgan fingerprint density at radius 1 is 1.33 bits per heavy atom. The highest BCUT2D eigenvalue weighted by atomic mass is 15.1. The second kappa shape index (κ2) is 5.19. The molecular formula is C12H23N3. The van der Waals surface area contributed by atoms with Crippen molar-refractivity contribution in [3.8, 4) is 0 Å². The maximum absolute atomic E-state index is 6.12. The summed E-state index contributed by atoms with van der Waals surface area (Å²) in [7, 11) is 0. The summed E-state index contributed by atoms with van der Waals surface area (Å²) in [6.45, 7) is 9.58. The van der Waals surface area contributed by atoms with Gasteiger partial charge in [-0.2, -0.15) is 0 Å². The molecule has 1 heterocycles. The van der Waals surface area contributed by atoms with Gasteiger partial charge in [-0.25, -0.2) is 4.98 Å². The number of nitrogen functional groups attached to an aromatic ring is 1. The van der Waals surface area contributed by atoms with Gasteiger partial charge < -0.3 is 10.3 Å². The maximum Gasteiger partial charge on any atom is 0.127 e. The summed E-state index contributed by atoms with van der Waals surface area (Å²) in [5, 5.41) is 0. The molecule has 3 heteroatoms. The molecular weight excluding hydrogens is 186 g/mol. The molecule has 1 aromatic rings. The number of nitrogens with zero attached hydrogens (tertiary/aromatic N) is 2. The maximum atomic E-state index is 6.12. The predicted molar refractivity (Wildman–Crippen MR) is 65.0 cm³/mol. The van der Waals surface area contributed by atoms with E-state index >= 15 is 0 Å². The van der Waals surface area contributed by atoms with Gasteiger partial charge in [0.15, 0.2) is 0 Å². The van der Waals surface area contributed by atoms with Crippen molar-refractivity contribution in [2.75, 3.05) is 5.73 Å². The van der Waals surface area contributed by atoms with Crippen LogP contribution in [0.4, 0.5) is 5.82 Å². The first-order valence-electron chi connectivity index (χ1n) is 6.00. The molecule has 1 rings (SSSR count). The molecule has 0 aliphatic carbocycles. The Morgan fingerprint density at radius 3 is 2.47 bits per heavy atom. The Balaban J connectivity index is 3.08. The van der Waals surface area contributed by atoms with Gasteiger partial charge in [0, 0.05) is 18.9 Å². The molecule has 1 unspecified atom stereocenters. The second-order valence-corrected chi connectivity index (χ2v) is 4.10. The number of anilines is 1. The van der Waals surface area contributed by atoms with E-state index in [1.165, 1.54) is 0 Å². The van der Waals surface area contributed by atoms with E-state index in [0.717, 1.165) is 43.1 Å². The van der Waals surface area contributed by atoms with Gasteiger partial charge in [-0.1, -0.05) is 20.8 Å². The molecule has 1 atom stereocenters. The Kier molecular flexibility index (Phi) is 4.18. The molecule has 0 saturated carbocycles. The Hall–Kier alpha value is -0.990. The average Bonchev–Trinajstić information content (AvgIpc) is 2.55. The Labute approximate surface area is 92.7 Å². The van der Waals surface area contributed by atoms with E-state index in [1.54, 1.807) is 0 Å². The summed E-state index contributed by atoms with van der Waals surface area (Å²) < 4.78 is 2.14. The number of aromatic nitrogens is 2. The van der Waals surface area contributed by atoms with Crippen molar-refractivity contribution in [3.63, 3.8) is 0 Å². The molecule has 86 valence electrons. The van der Waals surface area contributed by atoms with Gasteiger partial charge in [0.2, 0.25) is 0 Å². The van der Waals surface area contributed by atoms with Gasteiger partial charge in [0.1, 0.15) is 11.6 Å². The predicted octanol–water partition coefficient (Wildman–Crippen LogP) is 2.95. The SMILES string of the molecule is CCCc1nc(C(C)CC)c(N)n1CC. The van der Waals surface area contributed by atoms with Crippen molar-refractivity contribution in [2.24, 2.45) is 0 Å². The second-order valence-electron chi connectivity index (χ2n) is 4.10. The van der Waals surface area contributed by atoms with Crippen LogP contribution in [0.2, 0.25) is 0 Å². The van der Waals surface area contributed by atoms with Crippen molar-refractivity contribution in [1.82, 2.24) is 9.55 Å². The normalized spacial score (nSPS) is 13.1. The van der Waals surface area contributed by atoms with Crippen LogP contribution in [-0.2, 0) is 13.0 Å². The number of rotatable bonds is 5. The van der Waals surface area contributed by atoms with Crippen molar-refractivity contribution < 1.29 is 0 Å². The quantitative estimate of drug-likeness (QED) is 0.810. The molecule has 0 aromatic carbocycles. The topological polar surface area (TPSA) is 43.8 Å². The number of imidazole rings is 1. The molecule has 0 amide bonds. The molecule has 0 fully saturated rings. The highest BCUT2D eigenvalue weighted by molar-refractivity contribution is 5.40. The third-order valence-corrected chi connectivity index (χ3v) is 2.98. The van der Waals surface area contributed by atoms with Crippen LogP contribution < -0.4 is 5.73 Å². The van der Waals surface area contributed by atoms with Crippen LogP contribution in [0.5, 0.6) is 0 Å². The van der Waals surface area contributed by atoms with E-state index in [1.807, 2.05) is 0 Å². The van der Waals surface area contributed by atoms with E-state index < -0.39 is 0 Å². The monoisotopic (exact) mass is 209 g/mol. The minimum Gasteiger partial charge on any atom is -0.384 e. The van der Waals surface area contributed by atoms with Gasteiger partial charge in [0.05, 0.1) is 5.69 Å². The third-order valence-electron chi connectivity index (χ3n) is 2.98. The average molecular weight is 209 g/mol. The van der Waals surface area contributed by atoms with Crippen LogP contribution in [0.25, 0.3) is 0 Å². The van der Waals surface area contributed by atoms with Gasteiger partial charge >= 0.3 is 0 Å². The lowest BCUT2D eigenvalue weighted by atomic mass is 10.1. The van der Waals surface area contributed by atoms with E-state index in [0.29, 0.717) is 5.92 Å². The molecule has 0 bridgehead atoms. The molecule has 0 radical (unpaired) electrons. The minimum atomic E-state index is 0.466. The van der Waals surface area contributed by atoms with E-state index in [9.17, 15) is 0 Å². The number of hydrogen-bond acceptors (Lipinski definition) is 2. The lowest BCUT2D eigenvalue weighted by Crippen LogP contribution is -2.06. The smallest absolute Gasteiger partial charge is 0.127 e. The standard InChI is InChI=1S/C12H23N3/c1-5-8-10-14-11(9(4)6-2)12(13)15(10)7-3/h9H,5-8,13H2,1-4H3. The molecule has 15 heavy (non-hydrogen) atoms. The zero-order valence-corrected chi connectivity index (χ0v) is 10.4. The van der Waals surface area contributed by atoms with Crippen LogP contribution in [0.15, 0.2) is 0 Å². The van der Waals surface area contributed by atoms with Crippen molar-refractivity contribution in [3.05, 3.63) is 11.5 Å². The molecule has 0 saturated heterocycles. The van der Waals surface area contributed by atoms with E-state index in [-0.39, 0.29) is 0 Å². The molecule has 0 spiro atoms. The number of aryl methyl sites for hydroxylation is 1. The highest BCUT2D eigenvalue weighted by Gasteiger charge is 2.16. The van der Waals surface area contributed by atoms with Gasteiger partial charge in [-0.05, 0) is 19.8 Å². The lowest BCUT2D eigenvalue weighted by molar-refractivity contribution is 0.689.